The van der Waals surface area contributed by atoms with Crippen LogP contribution in [-0.2, 0) is 16.9 Å². The van der Waals surface area contributed by atoms with Gasteiger partial charge in [0.2, 0.25) is 0 Å². The topological polar surface area (TPSA) is 80.4 Å². The van der Waals surface area contributed by atoms with E-state index in [9.17, 15) is 9.59 Å². The highest BCUT2D eigenvalue weighted by Crippen LogP contribution is 2.32. The summed E-state index contributed by atoms with van der Waals surface area (Å²) in [6, 6.07) is 22.3. The number of para-hydroxylation sites is 1. The summed E-state index contributed by atoms with van der Waals surface area (Å²) >= 11 is 0. The zero-order chi connectivity index (χ0) is 21.4. The van der Waals surface area contributed by atoms with Crippen molar-refractivity contribution in [1.82, 2.24) is 20.0 Å². The maximum Gasteiger partial charge on any atom is 0.325 e. The number of carbonyl (C=O) groups is 2. The number of rotatable bonds is 5. The lowest BCUT2D eigenvalue weighted by Gasteiger charge is -2.19. The summed E-state index contributed by atoms with van der Waals surface area (Å²) in [7, 11) is 0. The Labute approximate surface area is 178 Å². The second-order valence-corrected chi connectivity index (χ2v) is 7.57. The molecule has 0 radical (unpaired) electrons. The van der Waals surface area contributed by atoms with Crippen molar-refractivity contribution < 1.29 is 14.0 Å². The van der Waals surface area contributed by atoms with Crippen molar-refractivity contribution in [2.45, 2.75) is 19.0 Å². The number of benzene rings is 2. The Morgan fingerprint density at radius 2 is 1.68 bits per heavy atom. The second-order valence-electron chi connectivity index (χ2n) is 7.57. The molecule has 1 aliphatic rings. The van der Waals surface area contributed by atoms with Crippen LogP contribution in [0, 0.1) is 0 Å². The Morgan fingerprint density at radius 1 is 0.968 bits per heavy atom. The maximum absolute atomic E-state index is 13.2. The minimum Gasteiger partial charge on any atom is -0.466 e. The fourth-order valence-electron chi connectivity index (χ4n) is 3.82. The Bertz CT molecular complexity index is 1230. The molecular formula is C24H20N4O3. The van der Waals surface area contributed by atoms with Crippen LogP contribution in [0.3, 0.4) is 0 Å². The number of imide groups is 1. The molecule has 3 heterocycles. The van der Waals surface area contributed by atoms with Crippen molar-refractivity contribution in [3.05, 3.63) is 96.6 Å². The zero-order valence-electron chi connectivity index (χ0n) is 16.9. The Balaban J connectivity index is 1.53. The summed E-state index contributed by atoms with van der Waals surface area (Å²) in [6.07, 6.45) is 3.35. The number of furan rings is 1. The summed E-state index contributed by atoms with van der Waals surface area (Å²) < 4.78 is 7.18. The molecule has 7 nitrogen and oxygen atoms in total. The van der Waals surface area contributed by atoms with Gasteiger partial charge in [0, 0.05) is 17.3 Å². The Morgan fingerprint density at radius 3 is 2.35 bits per heavy atom. The first kappa shape index (κ1) is 18.9. The van der Waals surface area contributed by atoms with E-state index >= 15 is 0 Å². The lowest BCUT2D eigenvalue weighted by Crippen LogP contribution is -2.40. The third-order valence-corrected chi connectivity index (χ3v) is 5.48. The third-order valence-electron chi connectivity index (χ3n) is 5.48. The molecule has 5 rings (SSSR count). The average Bonchev–Trinajstić information content (AvgIpc) is 3.52. The number of carbonyl (C=O) groups excluding carboxylic acids is 2. The molecule has 1 atom stereocenters. The van der Waals surface area contributed by atoms with Crippen molar-refractivity contribution in [2.24, 2.45) is 0 Å². The molecule has 2 aromatic carbocycles. The first-order valence-electron chi connectivity index (χ1n) is 9.94. The highest BCUT2D eigenvalue weighted by molar-refractivity contribution is 6.06. The minimum absolute atomic E-state index is 0.0953. The quantitative estimate of drug-likeness (QED) is 0.501. The first-order valence-corrected chi connectivity index (χ1v) is 9.94. The van der Waals surface area contributed by atoms with E-state index in [0.29, 0.717) is 5.76 Å². The van der Waals surface area contributed by atoms with Gasteiger partial charge in [0.05, 0.1) is 24.2 Å². The van der Waals surface area contributed by atoms with Gasteiger partial charge in [-0.05, 0) is 31.2 Å². The summed E-state index contributed by atoms with van der Waals surface area (Å²) in [5.74, 6) is 0.0375. The van der Waals surface area contributed by atoms with Crippen molar-refractivity contribution in [1.29, 1.82) is 0 Å². The van der Waals surface area contributed by atoms with E-state index in [1.165, 1.54) is 11.2 Å². The molecule has 0 unspecified atom stereocenters. The molecule has 31 heavy (non-hydrogen) atoms. The van der Waals surface area contributed by atoms with Crippen LogP contribution in [-0.4, -0.2) is 26.6 Å². The van der Waals surface area contributed by atoms with Crippen molar-refractivity contribution >= 4 is 11.9 Å². The lowest BCUT2D eigenvalue weighted by atomic mass is 9.99. The molecule has 1 N–H and O–H groups in total. The Kier molecular flexibility index (Phi) is 4.43. The number of hydrogen-bond acceptors (Lipinski definition) is 4. The van der Waals surface area contributed by atoms with Crippen LogP contribution in [0.1, 0.15) is 18.2 Å². The number of urea groups is 1. The van der Waals surface area contributed by atoms with E-state index in [-0.39, 0.29) is 12.5 Å². The number of amides is 3. The van der Waals surface area contributed by atoms with Crippen LogP contribution >= 0.6 is 0 Å². The van der Waals surface area contributed by atoms with E-state index in [4.69, 9.17) is 9.52 Å². The molecule has 1 saturated heterocycles. The van der Waals surface area contributed by atoms with Gasteiger partial charge >= 0.3 is 6.03 Å². The molecule has 7 heteroatoms. The summed E-state index contributed by atoms with van der Waals surface area (Å²) in [4.78, 5) is 27.2. The van der Waals surface area contributed by atoms with Gasteiger partial charge in [0.25, 0.3) is 5.91 Å². The molecule has 154 valence electrons. The van der Waals surface area contributed by atoms with Crippen LogP contribution in [0.25, 0.3) is 16.9 Å². The van der Waals surface area contributed by atoms with Crippen LogP contribution in [0.2, 0.25) is 0 Å². The molecule has 0 bridgehead atoms. The smallest absolute Gasteiger partial charge is 0.325 e. The van der Waals surface area contributed by atoms with Gasteiger partial charge in [-0.15, -0.1) is 0 Å². The molecule has 4 aromatic rings. The second kappa shape index (κ2) is 7.28. The van der Waals surface area contributed by atoms with Crippen molar-refractivity contribution in [3.8, 4) is 16.9 Å². The van der Waals surface area contributed by atoms with E-state index in [0.717, 1.165) is 22.5 Å². The number of hydrogen-bond donors (Lipinski definition) is 1. The Hall–Kier alpha value is -4.13. The minimum atomic E-state index is -1.23. The van der Waals surface area contributed by atoms with Crippen molar-refractivity contribution in [3.63, 3.8) is 0 Å². The average molecular weight is 412 g/mol. The summed E-state index contributed by atoms with van der Waals surface area (Å²) in [5, 5.41) is 7.52. The van der Waals surface area contributed by atoms with E-state index < -0.39 is 11.6 Å². The van der Waals surface area contributed by atoms with Crippen LogP contribution in [0.5, 0.6) is 0 Å². The number of nitrogens with zero attached hydrogens (tertiary/aromatic N) is 3. The number of aromatic nitrogens is 2. The number of nitrogens with one attached hydrogen (secondary N) is 1. The third kappa shape index (κ3) is 3.20. The monoisotopic (exact) mass is 412 g/mol. The van der Waals surface area contributed by atoms with Gasteiger partial charge < -0.3 is 9.73 Å². The standard InChI is InChI=1S/C24H20N4O3/c1-24(20-13-8-14-31-20)22(29)27(23(30)25-24)15-18-16-28(19-11-6-3-7-12-19)26-21(18)17-9-4-2-5-10-17/h2-14,16H,15H2,1H3,(H,25,30)/t24-/m0/s1. The predicted molar refractivity (Wildman–Crippen MR) is 114 cm³/mol. The molecule has 1 fully saturated rings. The lowest BCUT2D eigenvalue weighted by molar-refractivity contribution is -0.132. The van der Waals surface area contributed by atoms with E-state index in [1.807, 2.05) is 66.9 Å². The first-order chi connectivity index (χ1) is 15.1. The van der Waals surface area contributed by atoms with Crippen LogP contribution in [0.4, 0.5) is 4.79 Å². The van der Waals surface area contributed by atoms with Gasteiger partial charge in [0.1, 0.15) is 5.76 Å². The van der Waals surface area contributed by atoms with Crippen LogP contribution in [0.15, 0.2) is 89.7 Å². The molecule has 0 aliphatic carbocycles. The van der Waals surface area contributed by atoms with Crippen LogP contribution < -0.4 is 5.32 Å². The SMILES string of the molecule is C[C@@]1(c2ccco2)NC(=O)N(Cc2cn(-c3ccccc3)nc2-c2ccccc2)C1=O. The highest BCUT2D eigenvalue weighted by Gasteiger charge is 2.51. The molecule has 0 saturated carbocycles. The van der Waals surface area contributed by atoms with E-state index in [2.05, 4.69) is 5.32 Å². The van der Waals surface area contributed by atoms with Gasteiger partial charge in [-0.2, -0.15) is 5.10 Å². The molecule has 2 aromatic heterocycles. The summed E-state index contributed by atoms with van der Waals surface area (Å²) in [6.45, 7) is 1.75. The molecular weight excluding hydrogens is 392 g/mol. The fraction of sp³-hybridized carbons (Fsp3) is 0.125. The molecule has 1 aliphatic heterocycles. The van der Waals surface area contributed by atoms with Gasteiger partial charge in [-0.25, -0.2) is 9.48 Å². The van der Waals surface area contributed by atoms with Crippen molar-refractivity contribution in [2.75, 3.05) is 0 Å². The molecule has 0 spiro atoms. The van der Waals surface area contributed by atoms with E-state index in [1.54, 1.807) is 23.7 Å². The van der Waals surface area contributed by atoms with Gasteiger partial charge in [-0.1, -0.05) is 48.5 Å². The largest absolute Gasteiger partial charge is 0.466 e. The molecule has 3 amide bonds. The highest BCUT2D eigenvalue weighted by atomic mass is 16.3. The fourth-order valence-corrected chi connectivity index (χ4v) is 3.82. The summed E-state index contributed by atoms with van der Waals surface area (Å²) in [5.41, 5.74) is 2.05. The van der Waals surface area contributed by atoms with Gasteiger partial charge in [-0.3, -0.25) is 9.69 Å². The van der Waals surface area contributed by atoms with Gasteiger partial charge in [0.15, 0.2) is 5.54 Å². The normalized spacial score (nSPS) is 18.4. The zero-order valence-corrected chi connectivity index (χ0v) is 16.9. The maximum atomic E-state index is 13.2. The predicted octanol–water partition coefficient (Wildman–Crippen LogP) is 4.10.